The molecule has 2 aromatic carbocycles. The van der Waals surface area contributed by atoms with Crippen LogP contribution in [0.15, 0.2) is 46.4 Å². The first-order valence-electron chi connectivity index (χ1n) is 8.02. The van der Waals surface area contributed by atoms with Gasteiger partial charge in [-0.1, -0.05) is 23.7 Å². The zero-order valence-electron chi connectivity index (χ0n) is 15.1. The Balaban J connectivity index is 2.15. The van der Waals surface area contributed by atoms with Crippen LogP contribution in [0.4, 0.5) is 5.69 Å². The van der Waals surface area contributed by atoms with Gasteiger partial charge in [-0.15, -0.1) is 0 Å². The van der Waals surface area contributed by atoms with Crippen molar-refractivity contribution in [3.8, 4) is 11.8 Å². The molecule has 8 heteroatoms. The third-order valence-corrected chi connectivity index (χ3v) is 4.66. The molecule has 0 radical (unpaired) electrons. The number of carbonyl (C=O) groups is 2. The molecule has 2 aromatic rings. The minimum absolute atomic E-state index is 0.0770. The first-order chi connectivity index (χ1) is 13.3. The van der Waals surface area contributed by atoms with Crippen LogP contribution in [0.2, 0.25) is 5.02 Å². The summed E-state index contributed by atoms with van der Waals surface area (Å²) >= 11 is 9.38. The number of amides is 1. The molecule has 0 aliphatic rings. The maximum absolute atomic E-state index is 12.4. The molecule has 0 saturated carbocycles. The smallest absolute Gasteiger partial charge is 0.343 e. The molecule has 0 saturated heterocycles. The fraction of sp³-hybridized carbons (Fsp3) is 0.150. The van der Waals surface area contributed by atoms with Gasteiger partial charge in [0.15, 0.2) is 6.61 Å². The van der Waals surface area contributed by atoms with Crippen LogP contribution in [0.3, 0.4) is 0 Å². The molecule has 28 heavy (non-hydrogen) atoms. The van der Waals surface area contributed by atoms with Crippen molar-refractivity contribution in [2.75, 3.05) is 19.0 Å². The number of aryl methyl sites for hydroxylation is 1. The van der Waals surface area contributed by atoms with Crippen molar-refractivity contribution < 1.29 is 19.1 Å². The largest absolute Gasteiger partial charge is 0.481 e. The molecule has 0 aliphatic carbocycles. The molecule has 0 heterocycles. The second-order valence-corrected chi connectivity index (χ2v) is 6.90. The van der Waals surface area contributed by atoms with Crippen LogP contribution in [-0.4, -0.2) is 25.6 Å². The minimum atomic E-state index is -0.551. The Labute approximate surface area is 175 Å². The predicted octanol–water partition coefficient (Wildman–Crippen LogP) is 4.51. The monoisotopic (exact) mass is 462 g/mol. The molecule has 0 unspecified atom stereocenters. The van der Waals surface area contributed by atoms with Gasteiger partial charge in [0, 0.05) is 10.7 Å². The van der Waals surface area contributed by atoms with Crippen molar-refractivity contribution in [1.82, 2.24) is 0 Å². The summed E-state index contributed by atoms with van der Waals surface area (Å²) in [5.41, 5.74) is 1.90. The van der Waals surface area contributed by atoms with E-state index in [1.54, 1.807) is 36.4 Å². The molecule has 0 bridgehead atoms. The van der Waals surface area contributed by atoms with Crippen LogP contribution >= 0.6 is 27.5 Å². The minimum Gasteiger partial charge on any atom is -0.481 e. The highest BCUT2D eigenvalue weighted by molar-refractivity contribution is 9.10. The van der Waals surface area contributed by atoms with Crippen LogP contribution < -0.4 is 10.1 Å². The van der Waals surface area contributed by atoms with E-state index in [9.17, 15) is 14.9 Å². The lowest BCUT2D eigenvalue weighted by Gasteiger charge is -2.08. The first-order valence-corrected chi connectivity index (χ1v) is 9.19. The first kappa shape index (κ1) is 21.5. The maximum atomic E-state index is 12.4. The van der Waals surface area contributed by atoms with E-state index in [1.165, 1.54) is 13.2 Å². The number of benzene rings is 2. The lowest BCUT2D eigenvalue weighted by Crippen LogP contribution is -2.13. The molecular formula is C20H16BrClN2O4. The van der Waals surface area contributed by atoms with Gasteiger partial charge in [-0.2, -0.15) is 5.26 Å². The average molecular weight is 464 g/mol. The Morgan fingerprint density at radius 1 is 1.29 bits per heavy atom. The van der Waals surface area contributed by atoms with E-state index < -0.39 is 11.9 Å². The molecule has 0 aromatic heterocycles. The van der Waals surface area contributed by atoms with Crippen LogP contribution in [0.1, 0.15) is 11.1 Å². The third kappa shape index (κ3) is 5.84. The number of esters is 1. The number of nitriles is 1. The summed E-state index contributed by atoms with van der Waals surface area (Å²) in [7, 11) is 1.27. The van der Waals surface area contributed by atoms with Crippen LogP contribution in [0, 0.1) is 18.3 Å². The molecule has 6 nitrogen and oxygen atoms in total. The van der Waals surface area contributed by atoms with Crippen LogP contribution in [0.5, 0.6) is 5.75 Å². The highest BCUT2D eigenvalue weighted by Crippen LogP contribution is 2.27. The summed E-state index contributed by atoms with van der Waals surface area (Å²) in [6.07, 6.45) is 1.44. The van der Waals surface area contributed by atoms with Gasteiger partial charge in [0.25, 0.3) is 5.91 Å². The van der Waals surface area contributed by atoms with Crippen molar-refractivity contribution in [3.63, 3.8) is 0 Å². The van der Waals surface area contributed by atoms with Crippen molar-refractivity contribution >= 4 is 51.2 Å². The Morgan fingerprint density at radius 2 is 2.04 bits per heavy atom. The van der Waals surface area contributed by atoms with E-state index in [2.05, 4.69) is 26.0 Å². The van der Waals surface area contributed by atoms with E-state index in [1.807, 2.05) is 13.0 Å². The highest BCUT2D eigenvalue weighted by atomic mass is 79.9. The molecule has 144 valence electrons. The summed E-state index contributed by atoms with van der Waals surface area (Å²) in [6, 6.07) is 11.9. The van der Waals surface area contributed by atoms with Gasteiger partial charge < -0.3 is 14.8 Å². The topological polar surface area (TPSA) is 88.4 Å². The number of hydrogen-bond donors (Lipinski definition) is 1. The van der Waals surface area contributed by atoms with Crippen molar-refractivity contribution in [3.05, 3.63) is 62.6 Å². The van der Waals surface area contributed by atoms with Gasteiger partial charge in [0.2, 0.25) is 0 Å². The van der Waals surface area contributed by atoms with Crippen molar-refractivity contribution in [2.24, 2.45) is 0 Å². The number of carbonyl (C=O) groups excluding carboxylic acids is 2. The molecule has 0 atom stereocenters. The van der Waals surface area contributed by atoms with Crippen molar-refractivity contribution in [1.29, 1.82) is 5.26 Å². The SMILES string of the molecule is COC(=O)COc1ccc(/C=C(/C#N)C(=O)Nc2ccc(C)c(Cl)c2)cc1Br. The lowest BCUT2D eigenvalue weighted by molar-refractivity contribution is -0.142. The summed E-state index contributed by atoms with van der Waals surface area (Å²) in [6.45, 7) is 1.63. The van der Waals surface area contributed by atoms with E-state index in [0.29, 0.717) is 26.5 Å². The van der Waals surface area contributed by atoms with Crippen LogP contribution in [0.25, 0.3) is 6.08 Å². The molecule has 1 N–H and O–H groups in total. The Bertz CT molecular complexity index is 983. The Hall–Kier alpha value is -2.82. The van der Waals surface area contributed by atoms with Gasteiger partial charge in [0.1, 0.15) is 17.4 Å². The normalized spacial score (nSPS) is 10.8. The van der Waals surface area contributed by atoms with Gasteiger partial charge >= 0.3 is 5.97 Å². The number of halogens is 2. The number of nitrogens with zero attached hydrogens (tertiary/aromatic N) is 1. The van der Waals surface area contributed by atoms with E-state index in [-0.39, 0.29) is 12.2 Å². The zero-order chi connectivity index (χ0) is 20.7. The number of hydrogen-bond acceptors (Lipinski definition) is 5. The molecular weight excluding hydrogens is 448 g/mol. The van der Waals surface area contributed by atoms with E-state index >= 15 is 0 Å². The summed E-state index contributed by atoms with van der Waals surface area (Å²) in [5.74, 6) is -0.625. The standard InChI is InChI=1S/C20H16BrClN2O4/c1-12-3-5-15(9-17(12)22)24-20(26)14(10-23)7-13-4-6-18(16(21)8-13)28-11-19(25)27-2/h3-9H,11H2,1-2H3,(H,24,26)/b14-7-. The Kier molecular flexibility index (Phi) is 7.61. The average Bonchev–Trinajstić information content (AvgIpc) is 2.67. The van der Waals surface area contributed by atoms with Crippen molar-refractivity contribution in [2.45, 2.75) is 6.92 Å². The van der Waals surface area contributed by atoms with Gasteiger partial charge in [0.05, 0.1) is 11.6 Å². The number of anilines is 1. The zero-order valence-corrected chi connectivity index (χ0v) is 17.4. The number of rotatable bonds is 6. The highest BCUT2D eigenvalue weighted by Gasteiger charge is 2.11. The second kappa shape index (κ2) is 9.93. The van der Waals surface area contributed by atoms with E-state index in [4.69, 9.17) is 16.3 Å². The molecule has 0 aliphatic heterocycles. The third-order valence-electron chi connectivity index (χ3n) is 3.63. The van der Waals surface area contributed by atoms with Gasteiger partial charge in [-0.05, 0) is 64.3 Å². The summed E-state index contributed by atoms with van der Waals surface area (Å²) in [4.78, 5) is 23.5. The maximum Gasteiger partial charge on any atom is 0.343 e. The summed E-state index contributed by atoms with van der Waals surface area (Å²) in [5, 5.41) is 12.5. The number of methoxy groups -OCH3 is 1. The molecule has 2 rings (SSSR count). The predicted molar refractivity (Wildman–Crippen MR) is 110 cm³/mol. The summed E-state index contributed by atoms with van der Waals surface area (Å²) < 4.78 is 10.4. The van der Waals surface area contributed by atoms with E-state index in [0.717, 1.165) is 5.56 Å². The molecule has 0 fully saturated rings. The number of nitrogens with one attached hydrogen (secondary N) is 1. The van der Waals surface area contributed by atoms with Gasteiger partial charge in [-0.3, -0.25) is 4.79 Å². The quantitative estimate of drug-likeness (QED) is 0.387. The van der Waals surface area contributed by atoms with Crippen LogP contribution in [-0.2, 0) is 14.3 Å². The second-order valence-electron chi connectivity index (χ2n) is 5.64. The fourth-order valence-electron chi connectivity index (χ4n) is 2.10. The van der Waals surface area contributed by atoms with Gasteiger partial charge in [-0.25, -0.2) is 4.79 Å². The Morgan fingerprint density at radius 3 is 2.64 bits per heavy atom. The number of ether oxygens (including phenoxy) is 2. The molecule has 1 amide bonds. The lowest BCUT2D eigenvalue weighted by atomic mass is 10.1. The fourth-order valence-corrected chi connectivity index (χ4v) is 2.80. The molecule has 0 spiro atoms.